The van der Waals surface area contributed by atoms with E-state index in [1.54, 1.807) is 16.3 Å². The Bertz CT molecular complexity index is 393. The summed E-state index contributed by atoms with van der Waals surface area (Å²) in [7, 11) is 0. The van der Waals surface area contributed by atoms with Gasteiger partial charge in [-0.1, -0.05) is 0 Å². The predicted molar refractivity (Wildman–Crippen MR) is 75.2 cm³/mol. The van der Waals surface area contributed by atoms with Gasteiger partial charge in [-0.05, 0) is 24.8 Å². The van der Waals surface area contributed by atoms with Gasteiger partial charge in [0.2, 0.25) is 5.91 Å². The molecule has 2 amide bonds. The molecule has 106 valence electrons. The summed E-state index contributed by atoms with van der Waals surface area (Å²) >= 11 is 1.47. The zero-order valence-electron chi connectivity index (χ0n) is 11.1. The van der Waals surface area contributed by atoms with Gasteiger partial charge in [0, 0.05) is 43.6 Å². The van der Waals surface area contributed by atoms with Crippen molar-refractivity contribution in [1.29, 1.82) is 0 Å². The van der Waals surface area contributed by atoms with Crippen LogP contribution in [0.25, 0.3) is 0 Å². The fourth-order valence-corrected chi connectivity index (χ4v) is 2.29. The van der Waals surface area contributed by atoms with Crippen LogP contribution in [0.4, 0.5) is 0 Å². The molecule has 0 bridgehead atoms. The van der Waals surface area contributed by atoms with Gasteiger partial charge in [0.05, 0.1) is 0 Å². The predicted octanol–water partition coefficient (Wildman–Crippen LogP) is 1.10. The van der Waals surface area contributed by atoms with Crippen molar-refractivity contribution in [2.75, 3.05) is 26.2 Å². The molecule has 1 aromatic heterocycles. The number of amides is 2. The summed E-state index contributed by atoms with van der Waals surface area (Å²) in [5.41, 5.74) is 0.630. The van der Waals surface area contributed by atoms with E-state index in [0.29, 0.717) is 31.6 Å². The fourth-order valence-electron chi connectivity index (χ4n) is 1.66. The van der Waals surface area contributed by atoms with Crippen LogP contribution in [0.1, 0.15) is 30.1 Å². The molecular weight excluding hydrogens is 264 g/mol. The highest BCUT2D eigenvalue weighted by Gasteiger charge is 2.11. The number of rotatable bonds is 8. The SMILES string of the molecule is CCN(CCCO)C(=O)CCNC(=O)c1ccsc1. The minimum absolute atomic E-state index is 0.00145. The van der Waals surface area contributed by atoms with Gasteiger partial charge in [-0.25, -0.2) is 0 Å². The van der Waals surface area contributed by atoms with Gasteiger partial charge in [0.1, 0.15) is 0 Å². The van der Waals surface area contributed by atoms with E-state index in [9.17, 15) is 9.59 Å². The maximum absolute atomic E-state index is 11.8. The maximum Gasteiger partial charge on any atom is 0.252 e. The Hall–Kier alpha value is -1.40. The van der Waals surface area contributed by atoms with Crippen molar-refractivity contribution < 1.29 is 14.7 Å². The van der Waals surface area contributed by atoms with Crippen LogP contribution in [0, 0.1) is 0 Å². The van der Waals surface area contributed by atoms with E-state index in [2.05, 4.69) is 5.32 Å². The zero-order valence-corrected chi connectivity index (χ0v) is 11.9. The molecule has 0 aliphatic heterocycles. The quantitative estimate of drug-likeness (QED) is 0.751. The second-order valence-corrected chi connectivity index (χ2v) is 4.85. The number of hydrogen-bond donors (Lipinski definition) is 2. The van der Waals surface area contributed by atoms with E-state index >= 15 is 0 Å². The van der Waals surface area contributed by atoms with Crippen molar-refractivity contribution in [3.63, 3.8) is 0 Å². The Morgan fingerprint density at radius 3 is 2.84 bits per heavy atom. The first-order valence-corrected chi connectivity index (χ1v) is 7.32. The molecule has 0 saturated heterocycles. The Labute approximate surface area is 117 Å². The lowest BCUT2D eigenvalue weighted by Gasteiger charge is -2.20. The van der Waals surface area contributed by atoms with Crippen molar-refractivity contribution in [3.8, 4) is 0 Å². The van der Waals surface area contributed by atoms with Crippen molar-refractivity contribution in [2.24, 2.45) is 0 Å². The monoisotopic (exact) mass is 284 g/mol. The minimum atomic E-state index is -0.146. The maximum atomic E-state index is 11.8. The van der Waals surface area contributed by atoms with Gasteiger partial charge in [-0.2, -0.15) is 11.3 Å². The number of hydrogen-bond acceptors (Lipinski definition) is 4. The normalized spacial score (nSPS) is 10.2. The number of aliphatic hydroxyl groups is 1. The molecule has 0 saturated carbocycles. The number of carbonyl (C=O) groups excluding carboxylic acids is 2. The Kier molecular flexibility index (Phi) is 7.14. The molecule has 0 aliphatic carbocycles. The van der Waals surface area contributed by atoms with Gasteiger partial charge in [-0.15, -0.1) is 0 Å². The molecule has 0 spiro atoms. The van der Waals surface area contributed by atoms with Crippen molar-refractivity contribution in [2.45, 2.75) is 19.8 Å². The average molecular weight is 284 g/mol. The summed E-state index contributed by atoms with van der Waals surface area (Å²) in [4.78, 5) is 25.2. The molecule has 6 heteroatoms. The molecule has 0 fully saturated rings. The Morgan fingerprint density at radius 1 is 1.47 bits per heavy atom. The molecule has 0 radical (unpaired) electrons. The van der Waals surface area contributed by atoms with Crippen LogP contribution in [0.5, 0.6) is 0 Å². The highest BCUT2D eigenvalue weighted by atomic mass is 32.1. The minimum Gasteiger partial charge on any atom is -0.396 e. The lowest BCUT2D eigenvalue weighted by atomic mass is 10.3. The molecule has 1 heterocycles. The summed E-state index contributed by atoms with van der Waals surface area (Å²) in [6.45, 7) is 3.50. The fraction of sp³-hybridized carbons (Fsp3) is 0.538. The van der Waals surface area contributed by atoms with Crippen LogP contribution in [0.2, 0.25) is 0 Å². The molecule has 5 nitrogen and oxygen atoms in total. The van der Waals surface area contributed by atoms with Crippen molar-refractivity contribution in [3.05, 3.63) is 22.4 Å². The highest BCUT2D eigenvalue weighted by molar-refractivity contribution is 7.08. The summed E-state index contributed by atoms with van der Waals surface area (Å²) in [6.07, 6.45) is 0.871. The van der Waals surface area contributed by atoms with Crippen molar-refractivity contribution in [1.82, 2.24) is 10.2 Å². The van der Waals surface area contributed by atoms with E-state index in [-0.39, 0.29) is 24.8 Å². The first-order valence-electron chi connectivity index (χ1n) is 6.38. The Balaban J connectivity index is 2.27. The lowest BCUT2D eigenvalue weighted by molar-refractivity contribution is -0.131. The molecular formula is C13H20N2O3S. The third kappa shape index (κ3) is 5.40. The molecule has 0 atom stereocenters. The van der Waals surface area contributed by atoms with E-state index in [1.165, 1.54) is 11.3 Å². The van der Waals surface area contributed by atoms with E-state index in [0.717, 1.165) is 0 Å². The number of carbonyl (C=O) groups is 2. The topological polar surface area (TPSA) is 69.6 Å². The summed E-state index contributed by atoms with van der Waals surface area (Å²) in [6, 6.07) is 1.75. The molecule has 19 heavy (non-hydrogen) atoms. The molecule has 0 unspecified atom stereocenters. The van der Waals surface area contributed by atoms with Crippen LogP contribution in [0.3, 0.4) is 0 Å². The first kappa shape index (κ1) is 15.7. The van der Waals surface area contributed by atoms with E-state index < -0.39 is 0 Å². The number of aliphatic hydroxyl groups excluding tert-OH is 1. The van der Waals surface area contributed by atoms with Crippen LogP contribution in [-0.2, 0) is 4.79 Å². The van der Waals surface area contributed by atoms with Crippen LogP contribution in [-0.4, -0.2) is 48.1 Å². The largest absolute Gasteiger partial charge is 0.396 e. The molecule has 2 N–H and O–H groups in total. The smallest absolute Gasteiger partial charge is 0.252 e. The first-order chi connectivity index (χ1) is 9.19. The standard InChI is InChI=1S/C13H20N2O3S/c1-2-15(7-3-8-16)12(17)4-6-14-13(18)11-5-9-19-10-11/h5,9-10,16H,2-4,6-8H2,1H3,(H,14,18). The second-order valence-electron chi connectivity index (χ2n) is 4.07. The summed E-state index contributed by atoms with van der Waals surface area (Å²) in [5.74, 6) is -0.144. The second kappa shape index (κ2) is 8.66. The highest BCUT2D eigenvalue weighted by Crippen LogP contribution is 2.05. The third-order valence-electron chi connectivity index (χ3n) is 2.73. The van der Waals surface area contributed by atoms with Crippen LogP contribution in [0.15, 0.2) is 16.8 Å². The van der Waals surface area contributed by atoms with Gasteiger partial charge >= 0.3 is 0 Å². The number of nitrogens with zero attached hydrogens (tertiary/aromatic N) is 1. The molecule has 1 rings (SSSR count). The van der Waals surface area contributed by atoms with E-state index in [4.69, 9.17) is 5.11 Å². The van der Waals surface area contributed by atoms with Crippen LogP contribution < -0.4 is 5.32 Å². The third-order valence-corrected chi connectivity index (χ3v) is 3.41. The van der Waals surface area contributed by atoms with Gasteiger partial charge in [0.25, 0.3) is 5.91 Å². The Morgan fingerprint density at radius 2 is 2.26 bits per heavy atom. The number of nitrogens with one attached hydrogen (secondary N) is 1. The number of thiophene rings is 1. The zero-order chi connectivity index (χ0) is 14.1. The van der Waals surface area contributed by atoms with Crippen LogP contribution >= 0.6 is 11.3 Å². The van der Waals surface area contributed by atoms with E-state index in [1.807, 2.05) is 12.3 Å². The molecule has 1 aromatic rings. The summed E-state index contributed by atoms with van der Waals surface area (Å²) in [5, 5.41) is 15.1. The van der Waals surface area contributed by atoms with Gasteiger partial charge in [-0.3, -0.25) is 9.59 Å². The van der Waals surface area contributed by atoms with Gasteiger partial charge < -0.3 is 15.3 Å². The summed E-state index contributed by atoms with van der Waals surface area (Å²) < 4.78 is 0. The average Bonchev–Trinajstić information content (AvgIpc) is 2.93. The van der Waals surface area contributed by atoms with Gasteiger partial charge in [0.15, 0.2) is 0 Å². The molecule has 0 aromatic carbocycles. The molecule has 0 aliphatic rings. The van der Waals surface area contributed by atoms with Crippen molar-refractivity contribution >= 4 is 23.2 Å². The lowest BCUT2D eigenvalue weighted by Crippen LogP contribution is -2.35.